The van der Waals surface area contributed by atoms with Crippen LogP contribution in [0.5, 0.6) is 0 Å². The molecule has 106 valence electrons. The number of fused-ring (bicyclic) bond motifs is 1. The van der Waals surface area contributed by atoms with E-state index >= 15 is 0 Å². The summed E-state index contributed by atoms with van der Waals surface area (Å²) < 4.78 is 0. The highest BCUT2D eigenvalue weighted by Crippen LogP contribution is 2.36. The second-order valence-electron chi connectivity index (χ2n) is 5.14. The molecule has 0 aliphatic carbocycles. The summed E-state index contributed by atoms with van der Waals surface area (Å²) in [6.07, 6.45) is 0.948. The summed E-state index contributed by atoms with van der Waals surface area (Å²) in [6, 6.07) is 16.2. The van der Waals surface area contributed by atoms with Crippen LogP contribution in [0.3, 0.4) is 0 Å². The van der Waals surface area contributed by atoms with Crippen molar-refractivity contribution in [2.75, 3.05) is 18.0 Å². The van der Waals surface area contributed by atoms with Crippen LogP contribution in [0.1, 0.15) is 22.7 Å². The van der Waals surface area contributed by atoms with E-state index in [9.17, 15) is 5.26 Å². The van der Waals surface area contributed by atoms with Crippen molar-refractivity contribution >= 4 is 17.3 Å². The van der Waals surface area contributed by atoms with Gasteiger partial charge < -0.3 is 10.6 Å². The van der Waals surface area contributed by atoms with Gasteiger partial charge in [-0.15, -0.1) is 0 Å². The summed E-state index contributed by atoms with van der Waals surface area (Å²) in [4.78, 5) is 2.20. The highest BCUT2D eigenvalue weighted by molar-refractivity contribution is 6.32. The van der Waals surface area contributed by atoms with Gasteiger partial charge in [0.2, 0.25) is 0 Å². The topological polar surface area (TPSA) is 53.0 Å². The minimum Gasteiger partial charge on any atom is -0.362 e. The van der Waals surface area contributed by atoms with Crippen LogP contribution in [0, 0.1) is 11.3 Å². The normalized spacial score (nSPS) is 17.2. The molecule has 3 rings (SSSR count). The number of halogens is 1. The number of benzene rings is 2. The van der Waals surface area contributed by atoms with E-state index in [0.29, 0.717) is 17.1 Å². The summed E-state index contributed by atoms with van der Waals surface area (Å²) in [6.45, 7) is 1.35. The smallest absolute Gasteiger partial charge is 0.103 e. The van der Waals surface area contributed by atoms with E-state index in [-0.39, 0.29) is 6.04 Å². The Kier molecular flexibility index (Phi) is 3.83. The molecule has 3 nitrogen and oxygen atoms in total. The lowest BCUT2D eigenvalue weighted by Gasteiger charge is -2.39. The lowest BCUT2D eigenvalue weighted by atomic mass is 9.91. The quantitative estimate of drug-likeness (QED) is 0.925. The molecule has 0 aromatic heterocycles. The molecule has 2 N–H and O–H groups in total. The van der Waals surface area contributed by atoms with Crippen LogP contribution >= 0.6 is 11.6 Å². The number of nitriles is 1. The second-order valence-corrected chi connectivity index (χ2v) is 5.55. The third kappa shape index (κ3) is 2.37. The van der Waals surface area contributed by atoms with Gasteiger partial charge >= 0.3 is 0 Å². The Morgan fingerprint density at radius 3 is 2.81 bits per heavy atom. The molecular formula is C17H16ClN3. The Labute approximate surface area is 129 Å². The van der Waals surface area contributed by atoms with Crippen molar-refractivity contribution < 1.29 is 0 Å². The van der Waals surface area contributed by atoms with Crippen molar-refractivity contribution in [3.63, 3.8) is 0 Å². The zero-order valence-electron chi connectivity index (χ0n) is 11.6. The van der Waals surface area contributed by atoms with Gasteiger partial charge in [-0.25, -0.2) is 0 Å². The van der Waals surface area contributed by atoms with E-state index in [0.717, 1.165) is 18.7 Å². The summed E-state index contributed by atoms with van der Waals surface area (Å²) >= 11 is 6.16. The first-order valence-corrected chi connectivity index (χ1v) is 7.37. The fraction of sp³-hybridized carbons (Fsp3) is 0.235. The van der Waals surface area contributed by atoms with E-state index in [1.807, 2.05) is 18.2 Å². The Balaban J connectivity index is 2.09. The first kappa shape index (κ1) is 13.9. The summed E-state index contributed by atoms with van der Waals surface area (Å²) in [5.74, 6) is 0. The maximum absolute atomic E-state index is 9.39. The van der Waals surface area contributed by atoms with Crippen molar-refractivity contribution in [2.45, 2.75) is 12.5 Å². The van der Waals surface area contributed by atoms with Crippen LogP contribution in [-0.4, -0.2) is 13.1 Å². The number of nitrogens with two attached hydrogens (primary N) is 1. The van der Waals surface area contributed by atoms with Gasteiger partial charge in [-0.2, -0.15) is 5.26 Å². The van der Waals surface area contributed by atoms with E-state index in [2.05, 4.69) is 29.2 Å². The fourth-order valence-electron chi connectivity index (χ4n) is 3.06. The van der Waals surface area contributed by atoms with Gasteiger partial charge in [0.15, 0.2) is 0 Å². The van der Waals surface area contributed by atoms with Crippen LogP contribution in [0.2, 0.25) is 5.02 Å². The van der Waals surface area contributed by atoms with Crippen molar-refractivity contribution in [1.29, 1.82) is 5.26 Å². The maximum Gasteiger partial charge on any atom is 0.103 e. The molecule has 1 atom stereocenters. The summed E-state index contributed by atoms with van der Waals surface area (Å²) in [5, 5.41) is 9.88. The van der Waals surface area contributed by atoms with Crippen molar-refractivity contribution in [2.24, 2.45) is 5.73 Å². The predicted molar refractivity (Wildman–Crippen MR) is 85.5 cm³/mol. The minimum absolute atomic E-state index is 0.0838. The zero-order chi connectivity index (χ0) is 14.8. The Morgan fingerprint density at radius 1 is 1.24 bits per heavy atom. The molecule has 0 spiro atoms. The third-order valence-electron chi connectivity index (χ3n) is 4.05. The fourth-order valence-corrected chi connectivity index (χ4v) is 3.27. The summed E-state index contributed by atoms with van der Waals surface area (Å²) in [7, 11) is 0. The van der Waals surface area contributed by atoms with Crippen molar-refractivity contribution in [3.8, 4) is 6.07 Å². The molecule has 0 fully saturated rings. The molecule has 21 heavy (non-hydrogen) atoms. The van der Waals surface area contributed by atoms with Crippen molar-refractivity contribution in [1.82, 2.24) is 0 Å². The van der Waals surface area contributed by atoms with E-state index in [4.69, 9.17) is 17.3 Å². The molecule has 2 aromatic rings. The molecule has 2 aromatic carbocycles. The van der Waals surface area contributed by atoms with Gasteiger partial charge in [-0.1, -0.05) is 41.9 Å². The number of hydrogen-bond donors (Lipinski definition) is 1. The predicted octanol–water partition coefficient (Wildman–Crippen LogP) is 3.27. The average Bonchev–Trinajstić information content (AvgIpc) is 2.53. The van der Waals surface area contributed by atoms with Crippen LogP contribution in [0.4, 0.5) is 5.69 Å². The minimum atomic E-state index is 0.0838. The van der Waals surface area contributed by atoms with Gasteiger partial charge in [0.25, 0.3) is 0 Å². The Hall–Kier alpha value is -2.02. The average molecular weight is 298 g/mol. The molecule has 0 amide bonds. The number of nitrogens with zero attached hydrogens (tertiary/aromatic N) is 2. The van der Waals surface area contributed by atoms with Crippen LogP contribution in [0.25, 0.3) is 0 Å². The van der Waals surface area contributed by atoms with E-state index < -0.39 is 0 Å². The number of hydrogen-bond acceptors (Lipinski definition) is 3. The second kappa shape index (κ2) is 5.77. The third-order valence-corrected chi connectivity index (χ3v) is 4.36. The first-order valence-electron chi connectivity index (χ1n) is 6.99. The summed E-state index contributed by atoms with van der Waals surface area (Å²) in [5.41, 5.74) is 10.00. The molecule has 0 bridgehead atoms. The maximum atomic E-state index is 9.39. The SMILES string of the molecule is N#Cc1c(Cl)cccc1N1CCc2ccccc2C1CN. The van der Waals surface area contributed by atoms with Gasteiger partial charge in [0.05, 0.1) is 22.3 Å². The first-order chi connectivity index (χ1) is 10.3. The highest BCUT2D eigenvalue weighted by atomic mass is 35.5. The molecule has 0 radical (unpaired) electrons. The van der Waals surface area contributed by atoms with Crippen molar-refractivity contribution in [3.05, 3.63) is 64.2 Å². The molecule has 0 saturated carbocycles. The van der Waals surface area contributed by atoms with Gasteiger partial charge in [0.1, 0.15) is 6.07 Å². The largest absolute Gasteiger partial charge is 0.362 e. The van der Waals surface area contributed by atoms with E-state index in [1.54, 1.807) is 6.07 Å². The highest BCUT2D eigenvalue weighted by Gasteiger charge is 2.28. The van der Waals surface area contributed by atoms with Crippen LogP contribution < -0.4 is 10.6 Å². The van der Waals surface area contributed by atoms with Gasteiger partial charge in [-0.3, -0.25) is 0 Å². The Morgan fingerprint density at radius 2 is 2.05 bits per heavy atom. The zero-order valence-corrected chi connectivity index (χ0v) is 12.3. The Bertz CT molecular complexity index is 705. The van der Waals surface area contributed by atoms with Gasteiger partial charge in [-0.05, 0) is 29.7 Å². The molecular weight excluding hydrogens is 282 g/mol. The van der Waals surface area contributed by atoms with Crippen LogP contribution in [-0.2, 0) is 6.42 Å². The van der Waals surface area contributed by atoms with Gasteiger partial charge in [0, 0.05) is 13.1 Å². The number of anilines is 1. The lowest BCUT2D eigenvalue weighted by Crippen LogP contribution is -2.39. The number of rotatable bonds is 2. The molecule has 1 aliphatic rings. The van der Waals surface area contributed by atoms with E-state index in [1.165, 1.54) is 11.1 Å². The molecule has 1 aliphatic heterocycles. The molecule has 1 unspecified atom stereocenters. The monoisotopic (exact) mass is 297 g/mol. The molecule has 4 heteroatoms. The molecule has 1 heterocycles. The lowest BCUT2D eigenvalue weighted by molar-refractivity contribution is 0.590. The van der Waals surface area contributed by atoms with Crippen LogP contribution in [0.15, 0.2) is 42.5 Å². The standard InChI is InChI=1S/C17H16ClN3/c18-15-6-3-7-16(14(15)10-19)21-9-8-12-4-1-2-5-13(12)17(21)11-20/h1-7,17H,8-9,11,20H2. The molecule has 0 saturated heterocycles.